The molecule has 1 saturated heterocycles. The molecule has 0 atom stereocenters. The predicted octanol–water partition coefficient (Wildman–Crippen LogP) is -1.65. The summed E-state index contributed by atoms with van der Waals surface area (Å²) in [6.07, 6.45) is 0. The molecule has 0 bridgehead atoms. The fourth-order valence-corrected chi connectivity index (χ4v) is 1.11. The molecule has 1 aliphatic rings. The minimum absolute atomic E-state index is 0.662. The van der Waals surface area contributed by atoms with Gasteiger partial charge in [0.15, 0.2) is 0 Å². The Balaban J connectivity index is 2.30. The van der Waals surface area contributed by atoms with E-state index in [4.69, 9.17) is 5.11 Å². The van der Waals surface area contributed by atoms with Gasteiger partial charge in [0.2, 0.25) is 0 Å². The Hall–Kier alpha value is -1.14. The van der Waals surface area contributed by atoms with E-state index in [1.165, 1.54) is 0 Å². The van der Waals surface area contributed by atoms with Crippen molar-refractivity contribution in [2.24, 2.45) is 0 Å². The number of piperazine rings is 1. The zero-order valence-corrected chi connectivity index (χ0v) is 7.49. The number of nitrogens with zero attached hydrogens (tertiary/aromatic N) is 2. The Morgan fingerprint density at radius 1 is 1.23 bits per heavy atom. The second-order valence-electron chi connectivity index (χ2n) is 3.04. The number of carboxylic acids is 1. The lowest BCUT2D eigenvalue weighted by Gasteiger charge is -2.31. The third kappa shape index (κ3) is 3.00. The van der Waals surface area contributed by atoms with Gasteiger partial charge in [-0.25, -0.2) is 9.80 Å². The summed E-state index contributed by atoms with van der Waals surface area (Å²) in [6, 6.07) is 0. The molecule has 0 spiro atoms. The van der Waals surface area contributed by atoms with Crippen LogP contribution in [0.2, 0.25) is 0 Å². The van der Waals surface area contributed by atoms with Crippen LogP contribution in [-0.4, -0.2) is 60.1 Å². The van der Waals surface area contributed by atoms with Gasteiger partial charge in [0.05, 0.1) is 0 Å². The highest BCUT2D eigenvalue weighted by Crippen LogP contribution is 1.94. The molecule has 6 nitrogen and oxygen atoms in total. The van der Waals surface area contributed by atoms with E-state index in [-0.39, 0.29) is 0 Å². The van der Waals surface area contributed by atoms with Gasteiger partial charge in [0.25, 0.3) is 0 Å². The molecule has 1 aliphatic heterocycles. The molecule has 0 aliphatic carbocycles. The third-order valence-electron chi connectivity index (χ3n) is 1.96. The number of aliphatic carboxylic acids is 1. The molecular formula is C7H13N3O3. The number of hydrogen-bond donors (Lipinski definition) is 2. The molecule has 2 N–H and O–H groups in total. The van der Waals surface area contributed by atoms with E-state index >= 15 is 0 Å². The zero-order chi connectivity index (χ0) is 9.84. The Morgan fingerprint density at radius 3 is 2.23 bits per heavy atom. The van der Waals surface area contributed by atoms with E-state index in [1.54, 1.807) is 5.01 Å². The number of carbonyl (C=O) groups is 2. The molecule has 0 unspecified atom stereocenters. The fraction of sp³-hybridized carbons (Fsp3) is 0.714. The van der Waals surface area contributed by atoms with E-state index in [0.29, 0.717) is 13.1 Å². The summed E-state index contributed by atoms with van der Waals surface area (Å²) >= 11 is 0. The molecule has 13 heavy (non-hydrogen) atoms. The lowest BCUT2D eigenvalue weighted by Crippen LogP contribution is -2.53. The van der Waals surface area contributed by atoms with Crippen LogP contribution in [0.25, 0.3) is 0 Å². The normalized spacial score (nSPS) is 19.8. The van der Waals surface area contributed by atoms with Crippen molar-refractivity contribution < 1.29 is 14.7 Å². The van der Waals surface area contributed by atoms with Gasteiger partial charge in [-0.3, -0.25) is 10.2 Å². The molecule has 1 rings (SSSR count). The first-order chi connectivity index (χ1) is 6.09. The minimum atomic E-state index is -1.45. The van der Waals surface area contributed by atoms with Crippen molar-refractivity contribution >= 4 is 11.9 Å². The van der Waals surface area contributed by atoms with Crippen LogP contribution in [0.15, 0.2) is 0 Å². The first-order valence-corrected chi connectivity index (χ1v) is 4.07. The lowest BCUT2D eigenvalue weighted by atomic mass is 10.4. The van der Waals surface area contributed by atoms with Gasteiger partial charge in [0.1, 0.15) is 0 Å². The number of nitrogens with one attached hydrogen (secondary N) is 1. The number of carboxylic acid groups (broad SMARTS) is 1. The Morgan fingerprint density at radius 2 is 1.77 bits per heavy atom. The van der Waals surface area contributed by atoms with Crippen molar-refractivity contribution in [1.29, 1.82) is 0 Å². The highest BCUT2D eigenvalue weighted by molar-refractivity contribution is 6.31. The summed E-state index contributed by atoms with van der Waals surface area (Å²) in [5.41, 5.74) is 2.31. The molecule has 6 heteroatoms. The first kappa shape index (κ1) is 9.94. The molecule has 0 aromatic rings. The number of hydrazine groups is 1. The maximum absolute atomic E-state index is 10.7. The zero-order valence-electron chi connectivity index (χ0n) is 7.49. The van der Waals surface area contributed by atoms with Crippen LogP contribution in [0.5, 0.6) is 0 Å². The number of carbonyl (C=O) groups excluding carboxylic acids is 1. The van der Waals surface area contributed by atoms with Crippen LogP contribution < -0.4 is 5.43 Å². The van der Waals surface area contributed by atoms with Crippen LogP contribution in [0.4, 0.5) is 0 Å². The van der Waals surface area contributed by atoms with Crippen molar-refractivity contribution in [3.63, 3.8) is 0 Å². The van der Waals surface area contributed by atoms with Crippen molar-refractivity contribution in [2.75, 3.05) is 33.2 Å². The predicted molar refractivity (Wildman–Crippen MR) is 44.8 cm³/mol. The van der Waals surface area contributed by atoms with Gasteiger partial charge in [0, 0.05) is 26.2 Å². The number of likely N-dealkylation sites (N-methyl/N-ethyl adjacent to an activating group) is 1. The average Bonchev–Trinajstić information content (AvgIpc) is 2.08. The summed E-state index contributed by atoms with van der Waals surface area (Å²) < 4.78 is 0. The smallest absolute Gasteiger partial charge is 0.395 e. The summed E-state index contributed by atoms with van der Waals surface area (Å²) in [6.45, 7) is 2.99. The van der Waals surface area contributed by atoms with E-state index < -0.39 is 11.9 Å². The van der Waals surface area contributed by atoms with Crippen LogP contribution >= 0.6 is 0 Å². The molecule has 1 heterocycles. The van der Waals surface area contributed by atoms with E-state index in [1.807, 2.05) is 7.05 Å². The second kappa shape index (κ2) is 4.20. The molecule has 0 saturated carbocycles. The molecular weight excluding hydrogens is 174 g/mol. The highest BCUT2D eigenvalue weighted by atomic mass is 16.4. The van der Waals surface area contributed by atoms with Gasteiger partial charge in [-0.1, -0.05) is 0 Å². The second-order valence-corrected chi connectivity index (χ2v) is 3.04. The summed E-state index contributed by atoms with van der Waals surface area (Å²) in [5, 5.41) is 9.94. The largest absolute Gasteiger partial charge is 0.474 e. The quantitative estimate of drug-likeness (QED) is 0.481. The van der Waals surface area contributed by atoms with Gasteiger partial charge in [-0.05, 0) is 7.05 Å². The van der Waals surface area contributed by atoms with Crippen LogP contribution in [0.3, 0.4) is 0 Å². The minimum Gasteiger partial charge on any atom is -0.474 e. The molecule has 0 aromatic heterocycles. The van der Waals surface area contributed by atoms with Crippen molar-refractivity contribution in [3.8, 4) is 0 Å². The van der Waals surface area contributed by atoms with Crippen LogP contribution in [-0.2, 0) is 9.59 Å². The van der Waals surface area contributed by atoms with Crippen LogP contribution in [0.1, 0.15) is 0 Å². The average molecular weight is 187 g/mol. The van der Waals surface area contributed by atoms with Crippen molar-refractivity contribution in [1.82, 2.24) is 15.3 Å². The molecule has 1 amide bonds. The lowest BCUT2D eigenvalue weighted by molar-refractivity contribution is -0.153. The Bertz CT molecular complexity index is 211. The highest BCUT2D eigenvalue weighted by Gasteiger charge is 2.18. The van der Waals surface area contributed by atoms with E-state index in [2.05, 4.69) is 10.3 Å². The summed E-state index contributed by atoms with van der Waals surface area (Å²) in [7, 11) is 1.98. The maximum Gasteiger partial charge on any atom is 0.395 e. The van der Waals surface area contributed by atoms with Gasteiger partial charge in [-0.15, -0.1) is 0 Å². The number of amides is 1. The molecule has 0 aromatic carbocycles. The number of hydrogen-bond acceptors (Lipinski definition) is 4. The van der Waals surface area contributed by atoms with Gasteiger partial charge < -0.3 is 10.0 Å². The van der Waals surface area contributed by atoms with E-state index in [9.17, 15) is 9.59 Å². The Kier molecular flexibility index (Phi) is 3.21. The SMILES string of the molecule is CN1CCN(NC(=O)C(=O)O)CC1. The fourth-order valence-electron chi connectivity index (χ4n) is 1.11. The summed E-state index contributed by atoms with van der Waals surface area (Å²) in [4.78, 5) is 23.0. The number of rotatable bonds is 1. The van der Waals surface area contributed by atoms with Gasteiger partial charge >= 0.3 is 11.9 Å². The monoisotopic (exact) mass is 187 g/mol. The maximum atomic E-state index is 10.7. The summed E-state index contributed by atoms with van der Waals surface area (Å²) in [5.74, 6) is -2.41. The molecule has 0 radical (unpaired) electrons. The Labute approximate surface area is 76.1 Å². The standard InChI is InChI=1S/C7H13N3O3/c1-9-2-4-10(5-3-9)8-6(11)7(12)13/h2-5H2,1H3,(H,8,11)(H,12,13). The third-order valence-corrected chi connectivity index (χ3v) is 1.96. The van der Waals surface area contributed by atoms with Crippen molar-refractivity contribution in [3.05, 3.63) is 0 Å². The van der Waals surface area contributed by atoms with E-state index in [0.717, 1.165) is 13.1 Å². The first-order valence-electron chi connectivity index (χ1n) is 4.07. The topological polar surface area (TPSA) is 72.9 Å². The van der Waals surface area contributed by atoms with Crippen molar-refractivity contribution in [2.45, 2.75) is 0 Å². The molecule has 1 fully saturated rings. The molecule has 74 valence electrons. The van der Waals surface area contributed by atoms with Crippen LogP contribution in [0, 0.1) is 0 Å². The van der Waals surface area contributed by atoms with Gasteiger partial charge in [-0.2, -0.15) is 0 Å².